The van der Waals surface area contributed by atoms with Crippen molar-refractivity contribution in [3.63, 3.8) is 0 Å². The van der Waals surface area contributed by atoms with Gasteiger partial charge >= 0.3 is 6.03 Å². The van der Waals surface area contributed by atoms with Gasteiger partial charge in [-0.25, -0.2) is 9.78 Å². The fraction of sp³-hybridized carbons (Fsp3) is 0.0909. The van der Waals surface area contributed by atoms with Crippen molar-refractivity contribution in [2.45, 2.75) is 0 Å². The van der Waals surface area contributed by atoms with Crippen molar-refractivity contribution >= 4 is 23.3 Å². The highest BCUT2D eigenvalue weighted by molar-refractivity contribution is 6.34. The van der Waals surface area contributed by atoms with Gasteiger partial charge in [-0.1, -0.05) is 11.6 Å². The topological polar surface area (TPSA) is 65.4 Å². The summed E-state index contributed by atoms with van der Waals surface area (Å²) in [6, 6.07) is 2.88. The number of fused-ring (bicyclic) bond motifs is 1. The summed E-state index contributed by atoms with van der Waals surface area (Å²) in [5.41, 5.74) is 0.458. The first-order valence-electron chi connectivity index (χ1n) is 5.12. The number of benzene rings is 1. The van der Waals surface area contributed by atoms with Gasteiger partial charge in [-0.15, -0.1) is 0 Å². The second-order valence-electron chi connectivity index (χ2n) is 3.59. The van der Waals surface area contributed by atoms with Gasteiger partial charge in [0.15, 0.2) is 11.5 Å². The van der Waals surface area contributed by atoms with Crippen LogP contribution in [0.2, 0.25) is 5.02 Å². The molecule has 0 atom stereocenters. The summed E-state index contributed by atoms with van der Waals surface area (Å²) in [4.78, 5) is 15.6. The standard InChI is InChI=1S/C11H8ClN3O3/c12-7-3-9-10(18-6-17-9)4-8(7)14-11(16)15-2-1-13-5-15/h1-5H,6H2,(H,14,16). The van der Waals surface area contributed by atoms with Crippen LogP contribution in [0.1, 0.15) is 0 Å². The molecule has 0 aliphatic carbocycles. The van der Waals surface area contributed by atoms with Gasteiger partial charge in [0.05, 0.1) is 10.7 Å². The highest BCUT2D eigenvalue weighted by Crippen LogP contribution is 2.39. The van der Waals surface area contributed by atoms with E-state index in [1.54, 1.807) is 12.1 Å². The molecular weight excluding hydrogens is 258 g/mol. The zero-order chi connectivity index (χ0) is 12.5. The lowest BCUT2D eigenvalue weighted by Crippen LogP contribution is -2.17. The van der Waals surface area contributed by atoms with Crippen LogP contribution < -0.4 is 14.8 Å². The van der Waals surface area contributed by atoms with Gasteiger partial charge < -0.3 is 14.8 Å². The van der Waals surface area contributed by atoms with E-state index < -0.39 is 0 Å². The molecule has 0 fully saturated rings. The third-order valence-electron chi connectivity index (χ3n) is 2.44. The van der Waals surface area contributed by atoms with Crippen LogP contribution in [0, 0.1) is 0 Å². The number of halogens is 1. The monoisotopic (exact) mass is 265 g/mol. The first kappa shape index (κ1) is 10.9. The second-order valence-corrected chi connectivity index (χ2v) is 3.99. The number of hydrogen-bond acceptors (Lipinski definition) is 4. The lowest BCUT2D eigenvalue weighted by Gasteiger charge is -2.08. The number of anilines is 1. The van der Waals surface area contributed by atoms with Gasteiger partial charge in [-0.3, -0.25) is 4.57 Å². The highest BCUT2D eigenvalue weighted by Gasteiger charge is 2.17. The molecule has 7 heteroatoms. The van der Waals surface area contributed by atoms with Crippen LogP contribution in [0.5, 0.6) is 11.5 Å². The minimum Gasteiger partial charge on any atom is -0.454 e. The van der Waals surface area contributed by atoms with Crippen molar-refractivity contribution in [2.24, 2.45) is 0 Å². The first-order chi connectivity index (χ1) is 8.74. The molecule has 0 bridgehead atoms. The summed E-state index contributed by atoms with van der Waals surface area (Å²) in [5, 5.41) is 3.04. The normalized spacial score (nSPS) is 12.5. The van der Waals surface area contributed by atoms with E-state index in [1.165, 1.54) is 23.3 Å². The Morgan fingerprint density at radius 2 is 2.17 bits per heavy atom. The number of nitrogens with one attached hydrogen (secondary N) is 1. The smallest absolute Gasteiger partial charge is 0.331 e. The Bertz CT molecular complexity index is 598. The van der Waals surface area contributed by atoms with Gasteiger partial charge in [-0.2, -0.15) is 0 Å². The summed E-state index contributed by atoms with van der Waals surface area (Å²) in [7, 11) is 0. The summed E-state index contributed by atoms with van der Waals surface area (Å²) in [6.45, 7) is 0.157. The Labute approximate surface area is 107 Å². The predicted octanol–water partition coefficient (Wildman–Crippen LogP) is 2.35. The van der Waals surface area contributed by atoms with E-state index in [2.05, 4.69) is 10.3 Å². The van der Waals surface area contributed by atoms with E-state index in [0.717, 1.165) is 0 Å². The third-order valence-corrected chi connectivity index (χ3v) is 2.76. The fourth-order valence-corrected chi connectivity index (χ4v) is 1.77. The number of hydrogen-bond donors (Lipinski definition) is 1. The lowest BCUT2D eigenvalue weighted by molar-refractivity contribution is 0.174. The zero-order valence-electron chi connectivity index (χ0n) is 9.09. The minimum atomic E-state index is -0.353. The van der Waals surface area contributed by atoms with E-state index in [0.29, 0.717) is 22.2 Å². The Morgan fingerprint density at radius 1 is 1.39 bits per heavy atom. The highest BCUT2D eigenvalue weighted by atomic mass is 35.5. The molecule has 1 aliphatic heterocycles. The van der Waals surface area contributed by atoms with E-state index in [1.807, 2.05) is 0 Å². The number of nitrogens with zero attached hydrogens (tertiary/aromatic N) is 2. The Hall–Kier alpha value is -2.21. The molecule has 1 amide bonds. The Kier molecular flexibility index (Phi) is 2.56. The van der Waals surface area contributed by atoms with Crippen molar-refractivity contribution in [1.29, 1.82) is 0 Å². The maximum Gasteiger partial charge on any atom is 0.331 e. The number of rotatable bonds is 1. The summed E-state index contributed by atoms with van der Waals surface area (Å²) < 4.78 is 11.7. The van der Waals surface area contributed by atoms with Gasteiger partial charge in [0, 0.05) is 24.5 Å². The molecule has 1 aromatic carbocycles. The Balaban J connectivity index is 1.87. The van der Waals surface area contributed by atoms with Gasteiger partial charge in [0.25, 0.3) is 0 Å². The molecule has 1 aliphatic rings. The molecular formula is C11H8ClN3O3. The average molecular weight is 266 g/mol. The summed E-state index contributed by atoms with van der Waals surface area (Å²) >= 11 is 6.04. The number of imidazole rings is 1. The number of ether oxygens (including phenoxy) is 2. The molecule has 18 heavy (non-hydrogen) atoms. The van der Waals surface area contributed by atoms with E-state index in [9.17, 15) is 4.79 Å². The van der Waals surface area contributed by atoms with Gasteiger partial charge in [0.1, 0.15) is 6.33 Å². The van der Waals surface area contributed by atoms with Crippen LogP contribution in [0.4, 0.5) is 10.5 Å². The van der Waals surface area contributed by atoms with E-state index >= 15 is 0 Å². The molecule has 2 heterocycles. The van der Waals surface area contributed by atoms with Crippen LogP contribution in [0.15, 0.2) is 30.9 Å². The molecule has 1 N–H and O–H groups in total. The SMILES string of the molecule is O=C(Nc1cc2c(cc1Cl)OCO2)n1ccnc1. The minimum absolute atomic E-state index is 0.157. The number of amides is 1. The van der Waals surface area contributed by atoms with Crippen molar-refractivity contribution in [3.8, 4) is 11.5 Å². The third kappa shape index (κ3) is 1.86. The van der Waals surface area contributed by atoms with Crippen LogP contribution in [0.3, 0.4) is 0 Å². The quantitative estimate of drug-likeness (QED) is 0.859. The van der Waals surface area contributed by atoms with Crippen molar-refractivity contribution in [1.82, 2.24) is 9.55 Å². The molecule has 6 nitrogen and oxygen atoms in total. The van der Waals surface area contributed by atoms with Crippen molar-refractivity contribution in [3.05, 3.63) is 35.9 Å². The fourth-order valence-electron chi connectivity index (χ4n) is 1.57. The molecule has 1 aromatic heterocycles. The second kappa shape index (κ2) is 4.23. The molecule has 0 saturated heterocycles. The predicted molar refractivity (Wildman–Crippen MR) is 64.2 cm³/mol. The maximum absolute atomic E-state index is 11.8. The van der Waals surface area contributed by atoms with Crippen molar-refractivity contribution < 1.29 is 14.3 Å². The average Bonchev–Trinajstić information content (AvgIpc) is 2.98. The number of aromatic nitrogens is 2. The molecule has 3 rings (SSSR count). The van der Waals surface area contributed by atoms with Gasteiger partial charge in [0.2, 0.25) is 6.79 Å². The van der Waals surface area contributed by atoms with Crippen LogP contribution in [0.25, 0.3) is 0 Å². The first-order valence-corrected chi connectivity index (χ1v) is 5.50. The number of carbonyl (C=O) groups excluding carboxylic acids is 1. The molecule has 2 aromatic rings. The molecule has 92 valence electrons. The number of carbonyl (C=O) groups is 1. The van der Waals surface area contributed by atoms with Crippen molar-refractivity contribution in [2.75, 3.05) is 12.1 Å². The molecule has 0 spiro atoms. The van der Waals surface area contributed by atoms with E-state index in [-0.39, 0.29) is 12.8 Å². The molecule has 0 radical (unpaired) electrons. The Morgan fingerprint density at radius 3 is 2.89 bits per heavy atom. The molecule has 0 unspecified atom stereocenters. The zero-order valence-corrected chi connectivity index (χ0v) is 9.85. The van der Waals surface area contributed by atoms with Crippen LogP contribution >= 0.6 is 11.6 Å². The molecule has 0 saturated carbocycles. The summed E-state index contributed by atoms with van der Waals surface area (Å²) in [5.74, 6) is 1.13. The maximum atomic E-state index is 11.8. The lowest BCUT2D eigenvalue weighted by atomic mass is 10.3. The van der Waals surface area contributed by atoms with Crippen LogP contribution in [-0.4, -0.2) is 22.4 Å². The van der Waals surface area contributed by atoms with E-state index in [4.69, 9.17) is 21.1 Å². The van der Waals surface area contributed by atoms with Crippen LogP contribution in [-0.2, 0) is 0 Å². The van der Waals surface area contributed by atoms with Gasteiger partial charge in [-0.05, 0) is 0 Å². The summed E-state index contributed by atoms with van der Waals surface area (Å²) in [6.07, 6.45) is 4.45. The largest absolute Gasteiger partial charge is 0.454 e.